The molecule has 1 aliphatic heterocycles. The predicted octanol–water partition coefficient (Wildman–Crippen LogP) is 6.93. The van der Waals surface area contributed by atoms with E-state index in [0.29, 0.717) is 17.1 Å². The molecule has 12 nitrogen and oxygen atoms in total. The minimum absolute atomic E-state index is 0.129. The Hall–Kier alpha value is -5.24. The van der Waals surface area contributed by atoms with Gasteiger partial charge in [0.2, 0.25) is 0 Å². The summed E-state index contributed by atoms with van der Waals surface area (Å²) < 4.78 is 60.0. The molecule has 1 fully saturated rings. The van der Waals surface area contributed by atoms with Crippen molar-refractivity contribution < 1.29 is 37.2 Å². The topological polar surface area (TPSA) is 136 Å². The number of imidazole rings is 1. The van der Waals surface area contributed by atoms with Gasteiger partial charge >= 0.3 is 7.23 Å². The fourth-order valence-corrected chi connectivity index (χ4v) is 7.21. The number of anilines is 1. The third-order valence-corrected chi connectivity index (χ3v) is 9.69. The summed E-state index contributed by atoms with van der Waals surface area (Å²) in [6.07, 6.45) is -3.15. The average Bonchev–Trinajstić information content (AvgIpc) is 3.76. The second-order valence-corrected chi connectivity index (χ2v) is 13.5. The summed E-state index contributed by atoms with van der Waals surface area (Å²) in [5.41, 5.74) is 1.82. The molecule has 0 aliphatic carbocycles. The van der Waals surface area contributed by atoms with Crippen LogP contribution in [-0.4, -0.2) is 64.6 Å². The maximum absolute atomic E-state index is 16.6. The lowest BCUT2D eigenvalue weighted by Gasteiger charge is -2.37. The normalized spacial score (nSPS) is 18.8. The number of amides is 1. The second-order valence-electron chi connectivity index (χ2n) is 12.0. The summed E-state index contributed by atoms with van der Waals surface area (Å²) in [7, 11) is 0.508. The number of fused-ring (bicyclic) bond motifs is 1. The minimum Gasteiger partial charge on any atom is -0.497 e. The third-order valence-electron chi connectivity index (χ3n) is 9.01. The van der Waals surface area contributed by atoms with Crippen molar-refractivity contribution in [3.8, 4) is 11.5 Å². The first kappa shape index (κ1) is 36.1. The lowest BCUT2D eigenvalue weighted by molar-refractivity contribution is -0.0904. The fraction of sp³-hybridized carbons (Fsp3) is 0.211. The van der Waals surface area contributed by atoms with E-state index in [4.69, 9.17) is 35.7 Å². The summed E-state index contributed by atoms with van der Waals surface area (Å²) in [6, 6.07) is 33.1. The van der Waals surface area contributed by atoms with Gasteiger partial charge in [-0.2, -0.15) is 4.52 Å². The number of hydrogen-bond donors (Lipinski definition) is 1. The van der Waals surface area contributed by atoms with Crippen LogP contribution in [0.3, 0.4) is 0 Å². The van der Waals surface area contributed by atoms with E-state index in [-0.39, 0.29) is 23.6 Å². The standard InChI is InChI=1S/C38H33FN5O7PS/c1-47-28-17-13-26(14-18-28)38(25-11-7-4-8-12-25,27-15-19-29(48-2)20-16-27)49-21-30-33(51-52(46)53)31(39)37(50-30)44-23-42-32-34(40-22-41-35(32)44)43-36(45)24-9-5-3-6-10-24/h3-20,22-23,30-31,33,37H,21H2,1-2H3,(H,40,41,43,45)/t30-,31+,33-,37-/m1/s1. The van der Waals surface area contributed by atoms with Crippen LogP contribution in [0, 0.1) is 0 Å². The molecule has 1 amide bonds. The van der Waals surface area contributed by atoms with Gasteiger partial charge in [-0.1, -0.05) is 77.4 Å². The molecule has 3 heterocycles. The molecule has 2 aromatic heterocycles. The Labute approximate surface area is 310 Å². The molecule has 7 rings (SSSR count). The summed E-state index contributed by atoms with van der Waals surface area (Å²) in [5, 5.41) is 2.74. The average molecular weight is 754 g/mol. The molecule has 15 heteroatoms. The first-order valence-corrected chi connectivity index (χ1v) is 18.6. The molecule has 1 saturated heterocycles. The number of nitrogens with one attached hydrogen (secondary N) is 1. The second kappa shape index (κ2) is 15.8. The number of ether oxygens (including phenoxy) is 4. The van der Waals surface area contributed by atoms with Crippen LogP contribution in [0.2, 0.25) is 0 Å². The summed E-state index contributed by atoms with van der Waals surface area (Å²) in [4.78, 5) is 25.8. The van der Waals surface area contributed by atoms with Crippen LogP contribution in [0.15, 0.2) is 122 Å². The van der Waals surface area contributed by atoms with Crippen molar-refractivity contribution >= 4 is 42.4 Å². The van der Waals surface area contributed by atoms with Crippen LogP contribution in [0.5, 0.6) is 11.5 Å². The van der Waals surface area contributed by atoms with Gasteiger partial charge in [-0.15, -0.1) is 0 Å². The number of hydrogen-bond acceptors (Lipinski definition) is 11. The number of aromatic nitrogens is 4. The Morgan fingerprint density at radius 1 is 0.868 bits per heavy atom. The Morgan fingerprint density at radius 2 is 1.45 bits per heavy atom. The van der Waals surface area contributed by atoms with Crippen molar-refractivity contribution in [2.45, 2.75) is 30.2 Å². The molecule has 4 aromatic carbocycles. The predicted molar refractivity (Wildman–Crippen MR) is 197 cm³/mol. The zero-order valence-electron chi connectivity index (χ0n) is 28.4. The maximum atomic E-state index is 16.6. The Bertz CT molecular complexity index is 2150. The Morgan fingerprint density at radius 3 is 2.04 bits per heavy atom. The summed E-state index contributed by atoms with van der Waals surface area (Å²) in [6.45, 7) is -0.229. The summed E-state index contributed by atoms with van der Waals surface area (Å²) >= 11 is 4.89. The van der Waals surface area contributed by atoms with Crippen molar-refractivity contribution in [2.24, 2.45) is 0 Å². The molecule has 53 heavy (non-hydrogen) atoms. The van der Waals surface area contributed by atoms with Crippen LogP contribution in [0.4, 0.5) is 10.2 Å². The molecule has 270 valence electrons. The number of carbonyl (C=O) groups is 1. The van der Waals surface area contributed by atoms with Crippen molar-refractivity contribution in [2.75, 3.05) is 26.1 Å². The van der Waals surface area contributed by atoms with Gasteiger partial charge in [0.25, 0.3) is 5.91 Å². The Kier molecular flexibility index (Phi) is 10.8. The number of carbonyl (C=O) groups excluding carboxylic acids is 1. The molecule has 0 radical (unpaired) electrons. The summed E-state index contributed by atoms with van der Waals surface area (Å²) in [5.74, 6) is 1.02. The quantitative estimate of drug-likeness (QED) is 0.0747. The van der Waals surface area contributed by atoms with Gasteiger partial charge in [0, 0.05) is 5.56 Å². The number of alkyl halides is 1. The van der Waals surface area contributed by atoms with E-state index in [1.807, 2.05) is 78.9 Å². The van der Waals surface area contributed by atoms with Gasteiger partial charge < -0.3 is 36.5 Å². The highest BCUT2D eigenvalue weighted by molar-refractivity contribution is 8.25. The van der Waals surface area contributed by atoms with Crippen LogP contribution < -0.4 is 14.8 Å². The molecule has 1 unspecified atom stereocenters. The van der Waals surface area contributed by atoms with Crippen molar-refractivity contribution in [1.29, 1.82) is 0 Å². The first-order valence-electron chi connectivity index (χ1n) is 16.5. The van der Waals surface area contributed by atoms with E-state index in [9.17, 15) is 9.36 Å². The molecule has 1 aliphatic rings. The van der Waals surface area contributed by atoms with Gasteiger partial charge in [0.05, 0.1) is 27.2 Å². The highest BCUT2D eigenvalue weighted by Gasteiger charge is 2.51. The molecule has 0 bridgehead atoms. The third kappa shape index (κ3) is 7.24. The van der Waals surface area contributed by atoms with E-state index in [2.05, 4.69) is 20.3 Å². The SMILES string of the molecule is COc1ccc(C(OC[C@H]2O[C@@H](n3cnc4c(NC(=O)c5ccccc5)ncnc43)[C@@H](F)[C@@H]2O[P+](=O)[S-])(c2ccccc2)c2ccc(OC)cc2)cc1. The molecular formula is C38H33FN5O7PS. The highest BCUT2D eigenvalue weighted by Crippen LogP contribution is 2.44. The number of methoxy groups -OCH3 is 2. The van der Waals surface area contributed by atoms with Crippen molar-refractivity contribution in [3.63, 3.8) is 0 Å². The molecule has 0 spiro atoms. The van der Waals surface area contributed by atoms with Crippen LogP contribution in [0.1, 0.15) is 33.3 Å². The first-order chi connectivity index (χ1) is 25.8. The van der Waals surface area contributed by atoms with E-state index < -0.39 is 43.3 Å². The number of benzene rings is 4. The van der Waals surface area contributed by atoms with E-state index in [1.54, 1.807) is 44.6 Å². The zero-order chi connectivity index (χ0) is 37.0. The van der Waals surface area contributed by atoms with Gasteiger partial charge in [-0.05, 0) is 53.1 Å². The monoisotopic (exact) mass is 753 g/mol. The highest BCUT2D eigenvalue weighted by atomic mass is 32.7. The van der Waals surface area contributed by atoms with Crippen LogP contribution in [0.25, 0.3) is 11.2 Å². The largest absolute Gasteiger partial charge is 0.497 e. The molecule has 0 saturated carbocycles. The molecule has 1 N–H and O–H groups in total. The Balaban J connectivity index is 1.24. The number of nitrogens with zero attached hydrogens (tertiary/aromatic N) is 4. The molecule has 5 atom stereocenters. The number of rotatable bonds is 13. The van der Waals surface area contributed by atoms with Crippen molar-refractivity contribution in [3.05, 3.63) is 144 Å². The molecular weight excluding hydrogens is 720 g/mol. The van der Waals surface area contributed by atoms with Crippen LogP contribution >= 0.6 is 7.23 Å². The van der Waals surface area contributed by atoms with Gasteiger partial charge in [0.15, 0.2) is 35.5 Å². The van der Waals surface area contributed by atoms with Crippen molar-refractivity contribution in [1.82, 2.24) is 19.5 Å². The lowest BCUT2D eigenvalue weighted by atomic mass is 9.80. The fourth-order valence-electron chi connectivity index (χ4n) is 6.46. The molecule has 6 aromatic rings. The maximum Gasteiger partial charge on any atom is 0.372 e. The van der Waals surface area contributed by atoms with Crippen LogP contribution in [-0.2, 0) is 36.4 Å². The zero-order valence-corrected chi connectivity index (χ0v) is 30.2. The van der Waals surface area contributed by atoms with Gasteiger partial charge in [0.1, 0.15) is 29.5 Å². The van der Waals surface area contributed by atoms with E-state index in [0.717, 1.165) is 16.7 Å². The minimum atomic E-state index is -2.66. The van der Waals surface area contributed by atoms with Gasteiger partial charge in [-0.25, -0.2) is 19.3 Å². The lowest BCUT2D eigenvalue weighted by Crippen LogP contribution is -2.39. The smallest absolute Gasteiger partial charge is 0.372 e. The van der Waals surface area contributed by atoms with Gasteiger partial charge in [-0.3, -0.25) is 9.36 Å². The van der Waals surface area contributed by atoms with E-state index in [1.165, 1.54) is 17.2 Å². The van der Waals surface area contributed by atoms with E-state index >= 15 is 4.39 Å². The number of halogens is 1.